The van der Waals surface area contributed by atoms with E-state index < -0.39 is 0 Å². The molecule has 1 unspecified atom stereocenters. The summed E-state index contributed by atoms with van der Waals surface area (Å²) in [6.07, 6.45) is 3.88. The molecule has 0 saturated carbocycles. The van der Waals surface area contributed by atoms with Crippen molar-refractivity contribution < 1.29 is 5.11 Å². The molecule has 0 radical (unpaired) electrons. The van der Waals surface area contributed by atoms with Gasteiger partial charge in [-0.25, -0.2) is 0 Å². The molecular weight excluding hydrogens is 212 g/mol. The molecule has 0 aliphatic rings. The van der Waals surface area contributed by atoms with Crippen LogP contribution in [0.2, 0.25) is 0 Å². The Balaban J connectivity index is 2.39. The zero-order valence-corrected chi connectivity index (χ0v) is 11.7. The maximum absolute atomic E-state index is 10.1. The van der Waals surface area contributed by atoms with Gasteiger partial charge in [0.2, 0.25) is 0 Å². The van der Waals surface area contributed by atoms with Gasteiger partial charge in [0.05, 0.1) is 6.10 Å². The van der Waals surface area contributed by atoms with E-state index in [1.54, 1.807) is 0 Å². The lowest BCUT2D eigenvalue weighted by molar-refractivity contribution is 0.0134. The summed E-state index contributed by atoms with van der Waals surface area (Å²) < 4.78 is 2.05. The maximum atomic E-state index is 10.1. The monoisotopic (exact) mass is 238 g/mol. The highest BCUT2D eigenvalue weighted by atomic mass is 16.3. The van der Waals surface area contributed by atoms with E-state index in [4.69, 9.17) is 0 Å². The highest BCUT2D eigenvalue weighted by Crippen LogP contribution is 2.25. The summed E-state index contributed by atoms with van der Waals surface area (Å²) >= 11 is 0. The van der Waals surface area contributed by atoms with Crippen LogP contribution in [0.15, 0.2) is 18.5 Å². The molecule has 1 rings (SSSR count). The number of aliphatic hydroxyl groups excluding tert-OH is 1. The number of aryl methyl sites for hydroxylation is 1. The minimum absolute atomic E-state index is 0.0943. The molecule has 0 fully saturated rings. The molecule has 3 nitrogen and oxygen atoms in total. The van der Waals surface area contributed by atoms with E-state index in [-0.39, 0.29) is 11.5 Å². The predicted molar refractivity (Wildman–Crippen MR) is 71.7 cm³/mol. The van der Waals surface area contributed by atoms with Crippen LogP contribution in [0.5, 0.6) is 0 Å². The van der Waals surface area contributed by atoms with Gasteiger partial charge >= 0.3 is 0 Å². The number of nitrogens with zero attached hydrogens (tertiary/aromatic N) is 1. The quantitative estimate of drug-likeness (QED) is 0.797. The third kappa shape index (κ3) is 4.17. The second-order valence-electron chi connectivity index (χ2n) is 5.97. The summed E-state index contributed by atoms with van der Waals surface area (Å²) in [6, 6.07) is 2.11. The summed E-state index contributed by atoms with van der Waals surface area (Å²) in [5.41, 5.74) is 1.19. The van der Waals surface area contributed by atoms with E-state index >= 15 is 0 Å². The Morgan fingerprint density at radius 1 is 1.41 bits per heavy atom. The molecule has 1 heterocycles. The standard InChI is InChI=1S/C14H26N2O/c1-11(2)13(17)14(3,4)10-15-8-12-6-7-16(5)9-12/h6-7,9,11,13,15,17H,8,10H2,1-5H3. The SMILES string of the molecule is CC(C)C(O)C(C)(C)CNCc1ccn(C)c1. The molecule has 0 aliphatic heterocycles. The van der Waals surface area contributed by atoms with Gasteiger partial charge in [0.25, 0.3) is 0 Å². The van der Waals surface area contributed by atoms with Crippen LogP contribution in [0.25, 0.3) is 0 Å². The molecular formula is C14H26N2O. The lowest BCUT2D eigenvalue weighted by atomic mass is 9.81. The normalized spacial score (nSPS) is 14.3. The Hall–Kier alpha value is -0.800. The minimum atomic E-state index is -0.272. The van der Waals surface area contributed by atoms with E-state index in [9.17, 15) is 5.11 Å². The Morgan fingerprint density at radius 2 is 2.06 bits per heavy atom. The zero-order chi connectivity index (χ0) is 13.1. The van der Waals surface area contributed by atoms with E-state index in [2.05, 4.69) is 45.3 Å². The first kappa shape index (κ1) is 14.3. The second-order valence-corrected chi connectivity index (χ2v) is 5.97. The molecule has 0 saturated heterocycles. The molecule has 1 aromatic heterocycles. The van der Waals surface area contributed by atoms with E-state index in [0.717, 1.165) is 13.1 Å². The van der Waals surface area contributed by atoms with Crippen molar-refractivity contribution in [2.45, 2.75) is 40.3 Å². The smallest absolute Gasteiger partial charge is 0.0626 e. The van der Waals surface area contributed by atoms with Crippen molar-refractivity contribution in [1.82, 2.24) is 9.88 Å². The number of aromatic nitrogens is 1. The molecule has 0 spiro atoms. The van der Waals surface area contributed by atoms with Gasteiger partial charge in [-0.15, -0.1) is 0 Å². The fourth-order valence-electron chi connectivity index (χ4n) is 2.20. The molecule has 2 N–H and O–H groups in total. The largest absolute Gasteiger partial charge is 0.392 e. The van der Waals surface area contributed by atoms with Crippen LogP contribution < -0.4 is 5.32 Å². The molecule has 17 heavy (non-hydrogen) atoms. The average molecular weight is 238 g/mol. The molecule has 1 atom stereocenters. The van der Waals surface area contributed by atoms with Crippen molar-refractivity contribution in [3.05, 3.63) is 24.0 Å². The first-order valence-electron chi connectivity index (χ1n) is 6.32. The van der Waals surface area contributed by atoms with Crippen LogP contribution >= 0.6 is 0 Å². The summed E-state index contributed by atoms with van der Waals surface area (Å²) in [5.74, 6) is 0.295. The Labute approximate surface area is 105 Å². The van der Waals surface area contributed by atoms with Crippen LogP contribution in [0, 0.1) is 11.3 Å². The van der Waals surface area contributed by atoms with Gasteiger partial charge in [0.15, 0.2) is 0 Å². The van der Waals surface area contributed by atoms with E-state index in [0.29, 0.717) is 5.92 Å². The predicted octanol–water partition coefficient (Wildman–Crippen LogP) is 2.16. The topological polar surface area (TPSA) is 37.2 Å². The van der Waals surface area contributed by atoms with Crippen molar-refractivity contribution in [3.8, 4) is 0 Å². The van der Waals surface area contributed by atoms with Gasteiger partial charge < -0.3 is 15.0 Å². The van der Waals surface area contributed by atoms with Gasteiger partial charge in [0.1, 0.15) is 0 Å². The molecule has 3 heteroatoms. The van der Waals surface area contributed by atoms with Gasteiger partial charge in [-0.1, -0.05) is 27.7 Å². The molecule has 0 amide bonds. The number of hydrogen-bond acceptors (Lipinski definition) is 2. The molecule has 98 valence electrons. The van der Waals surface area contributed by atoms with Gasteiger partial charge in [-0.3, -0.25) is 0 Å². The van der Waals surface area contributed by atoms with Gasteiger partial charge in [-0.05, 0) is 17.5 Å². The van der Waals surface area contributed by atoms with Crippen LogP contribution in [0.4, 0.5) is 0 Å². The van der Waals surface area contributed by atoms with Crippen LogP contribution in [-0.4, -0.2) is 22.3 Å². The van der Waals surface area contributed by atoms with E-state index in [1.807, 2.05) is 17.8 Å². The first-order valence-corrected chi connectivity index (χ1v) is 6.32. The van der Waals surface area contributed by atoms with Crippen molar-refractivity contribution in [1.29, 1.82) is 0 Å². The highest BCUT2D eigenvalue weighted by molar-refractivity contribution is 5.09. The van der Waals surface area contributed by atoms with Crippen molar-refractivity contribution >= 4 is 0 Å². The maximum Gasteiger partial charge on any atom is 0.0626 e. The lowest BCUT2D eigenvalue weighted by Crippen LogP contribution is -2.41. The number of hydrogen-bond donors (Lipinski definition) is 2. The van der Waals surface area contributed by atoms with Gasteiger partial charge in [0, 0.05) is 37.9 Å². The number of nitrogens with one attached hydrogen (secondary N) is 1. The Kier molecular flexibility index (Phi) is 4.78. The molecule has 0 aliphatic carbocycles. The average Bonchev–Trinajstić information content (AvgIpc) is 2.62. The fraction of sp³-hybridized carbons (Fsp3) is 0.714. The van der Waals surface area contributed by atoms with Crippen molar-refractivity contribution in [3.63, 3.8) is 0 Å². The molecule has 0 aromatic carbocycles. The minimum Gasteiger partial charge on any atom is -0.392 e. The summed E-state index contributed by atoms with van der Waals surface area (Å²) in [7, 11) is 2.02. The van der Waals surface area contributed by atoms with Crippen LogP contribution in [0.1, 0.15) is 33.3 Å². The molecule has 0 bridgehead atoms. The zero-order valence-electron chi connectivity index (χ0n) is 11.7. The van der Waals surface area contributed by atoms with Crippen molar-refractivity contribution in [2.75, 3.05) is 6.54 Å². The van der Waals surface area contributed by atoms with Crippen molar-refractivity contribution in [2.24, 2.45) is 18.4 Å². The summed E-state index contributed by atoms with van der Waals surface area (Å²) in [5, 5.41) is 13.5. The van der Waals surface area contributed by atoms with Crippen LogP contribution in [0.3, 0.4) is 0 Å². The molecule has 1 aromatic rings. The summed E-state index contributed by atoms with van der Waals surface area (Å²) in [6.45, 7) is 10.0. The summed E-state index contributed by atoms with van der Waals surface area (Å²) in [4.78, 5) is 0. The third-order valence-electron chi connectivity index (χ3n) is 3.24. The Morgan fingerprint density at radius 3 is 2.53 bits per heavy atom. The second kappa shape index (κ2) is 5.69. The number of aliphatic hydroxyl groups is 1. The van der Waals surface area contributed by atoms with E-state index in [1.165, 1.54) is 5.56 Å². The van der Waals surface area contributed by atoms with Gasteiger partial charge in [-0.2, -0.15) is 0 Å². The Bertz CT molecular complexity index is 342. The third-order valence-corrected chi connectivity index (χ3v) is 3.24. The fourth-order valence-corrected chi connectivity index (χ4v) is 2.20. The number of rotatable bonds is 6. The van der Waals surface area contributed by atoms with Crippen LogP contribution in [-0.2, 0) is 13.6 Å². The highest BCUT2D eigenvalue weighted by Gasteiger charge is 2.29. The lowest BCUT2D eigenvalue weighted by Gasteiger charge is -2.33. The first-order chi connectivity index (χ1) is 7.83.